The fourth-order valence-corrected chi connectivity index (χ4v) is 2.99. The molecule has 0 saturated heterocycles. The summed E-state index contributed by atoms with van der Waals surface area (Å²) in [6, 6.07) is 0. The van der Waals surface area contributed by atoms with E-state index in [4.69, 9.17) is 7.84 Å². The van der Waals surface area contributed by atoms with Crippen molar-refractivity contribution >= 4 is 27.3 Å². The van der Waals surface area contributed by atoms with Crippen LogP contribution in [0.5, 0.6) is 0 Å². The van der Waals surface area contributed by atoms with Gasteiger partial charge >= 0.3 is 97.1 Å². The molecule has 0 aromatic carbocycles. The molecule has 0 aliphatic carbocycles. The molecule has 0 spiro atoms. The molecule has 0 saturated carbocycles. The number of rotatable bonds is 8. The van der Waals surface area contributed by atoms with Crippen molar-refractivity contribution in [1.82, 2.24) is 0 Å². The molecule has 0 fully saturated rings. The van der Waals surface area contributed by atoms with E-state index in [1.165, 1.54) is 24.2 Å². The molecule has 84 valence electrons. The van der Waals surface area contributed by atoms with Gasteiger partial charge in [0.2, 0.25) is 0 Å². The summed E-state index contributed by atoms with van der Waals surface area (Å²) < 4.78 is 11.8. The molecule has 0 aliphatic heterocycles. The minimum absolute atomic E-state index is 0.00820. The van der Waals surface area contributed by atoms with Gasteiger partial charge < -0.3 is 0 Å². The third kappa shape index (κ3) is 10.3. The summed E-state index contributed by atoms with van der Waals surface area (Å²) in [6.45, 7) is 6.26. The Labute approximate surface area is 97.2 Å². The third-order valence-electron chi connectivity index (χ3n) is 1.64. The van der Waals surface area contributed by atoms with Gasteiger partial charge in [-0.1, -0.05) is 0 Å². The van der Waals surface area contributed by atoms with Gasteiger partial charge in [0.05, 0.1) is 0 Å². The molecule has 0 aromatic rings. The van der Waals surface area contributed by atoms with Crippen molar-refractivity contribution in [2.24, 2.45) is 0 Å². The van der Waals surface area contributed by atoms with Crippen LogP contribution < -0.4 is 0 Å². The van der Waals surface area contributed by atoms with E-state index in [1.54, 1.807) is 0 Å². The van der Waals surface area contributed by atoms with Gasteiger partial charge in [-0.3, -0.25) is 0 Å². The van der Waals surface area contributed by atoms with Gasteiger partial charge in [0, 0.05) is 0 Å². The standard InChI is InChI=1S/C10H20O3Te/c1-4-5-8-14-12-7-6-9(2)13-10(3)11/h9H,4-8H2,1-3H3/t9-/m0/s1. The van der Waals surface area contributed by atoms with Crippen LogP contribution in [0.1, 0.15) is 40.0 Å². The second-order valence-electron chi connectivity index (χ2n) is 3.21. The van der Waals surface area contributed by atoms with Crippen LogP contribution >= 0.6 is 0 Å². The second kappa shape index (κ2) is 9.76. The van der Waals surface area contributed by atoms with Crippen LogP contribution in [-0.2, 0) is 12.6 Å². The molecule has 0 aliphatic rings. The number of hydrogen-bond acceptors (Lipinski definition) is 3. The molecule has 14 heavy (non-hydrogen) atoms. The van der Waals surface area contributed by atoms with E-state index in [0.29, 0.717) is 0 Å². The van der Waals surface area contributed by atoms with Crippen LogP contribution in [0.4, 0.5) is 0 Å². The average molecular weight is 316 g/mol. The van der Waals surface area contributed by atoms with Gasteiger partial charge in [-0.15, -0.1) is 0 Å². The molecule has 3 nitrogen and oxygen atoms in total. The van der Waals surface area contributed by atoms with Crippen LogP contribution in [-0.4, -0.2) is 40.0 Å². The number of unbranched alkanes of at least 4 members (excludes halogenated alkanes) is 1. The van der Waals surface area contributed by atoms with E-state index in [9.17, 15) is 4.79 Å². The quantitative estimate of drug-likeness (QED) is 0.391. The van der Waals surface area contributed by atoms with Crippen LogP contribution in [0, 0.1) is 0 Å². The SMILES string of the molecule is CCCC[Te]OCC[C@H](C)OC(C)=O. The topological polar surface area (TPSA) is 35.5 Å². The van der Waals surface area contributed by atoms with Gasteiger partial charge in [0.15, 0.2) is 0 Å². The van der Waals surface area contributed by atoms with E-state index in [1.807, 2.05) is 6.92 Å². The number of carbonyl (C=O) groups excluding carboxylic acids is 1. The zero-order valence-electron chi connectivity index (χ0n) is 9.25. The van der Waals surface area contributed by atoms with E-state index in [2.05, 4.69) is 6.92 Å². The van der Waals surface area contributed by atoms with Gasteiger partial charge in [-0.2, -0.15) is 0 Å². The van der Waals surface area contributed by atoms with Crippen LogP contribution in [0.2, 0.25) is 4.47 Å². The number of ether oxygens (including phenoxy) is 1. The zero-order valence-corrected chi connectivity index (χ0v) is 11.6. The molecular formula is C10H20O3Te. The summed E-state index contributed by atoms with van der Waals surface area (Å²) in [5.41, 5.74) is 0. The van der Waals surface area contributed by atoms with Crippen LogP contribution in [0.15, 0.2) is 0 Å². The van der Waals surface area contributed by atoms with Crippen molar-refractivity contribution in [3.63, 3.8) is 0 Å². The van der Waals surface area contributed by atoms with Crippen molar-refractivity contribution in [1.29, 1.82) is 0 Å². The van der Waals surface area contributed by atoms with E-state index < -0.39 is 0 Å². The molecule has 0 N–H and O–H groups in total. The normalized spacial score (nSPS) is 12.5. The summed E-state index contributed by atoms with van der Waals surface area (Å²) in [4.78, 5) is 10.6. The maximum absolute atomic E-state index is 10.6. The molecule has 0 bridgehead atoms. The van der Waals surface area contributed by atoms with Crippen LogP contribution in [0.25, 0.3) is 0 Å². The number of carbonyl (C=O) groups is 1. The van der Waals surface area contributed by atoms with E-state index in [-0.39, 0.29) is 33.4 Å². The molecular weight excluding hydrogens is 296 g/mol. The predicted octanol–water partition coefficient (Wildman–Crippen LogP) is 2.18. The summed E-state index contributed by atoms with van der Waals surface area (Å²) in [5.74, 6) is -0.208. The van der Waals surface area contributed by atoms with E-state index in [0.717, 1.165) is 13.0 Å². The molecule has 0 aromatic heterocycles. The van der Waals surface area contributed by atoms with Crippen molar-refractivity contribution in [3.05, 3.63) is 0 Å². The molecule has 1 atom stereocenters. The number of esters is 1. The summed E-state index contributed by atoms with van der Waals surface area (Å²) >= 11 is -0.238. The van der Waals surface area contributed by atoms with Gasteiger partial charge in [0.25, 0.3) is 0 Å². The van der Waals surface area contributed by atoms with Crippen molar-refractivity contribution in [3.8, 4) is 0 Å². The molecule has 0 heterocycles. The summed E-state index contributed by atoms with van der Waals surface area (Å²) in [7, 11) is 0. The van der Waals surface area contributed by atoms with Crippen LogP contribution in [0.3, 0.4) is 0 Å². The van der Waals surface area contributed by atoms with Gasteiger partial charge in [-0.05, 0) is 0 Å². The summed E-state index contributed by atoms with van der Waals surface area (Å²) in [6.07, 6.45) is 3.34. The minimum atomic E-state index is -0.238. The average Bonchev–Trinajstić information content (AvgIpc) is 2.10. The first-order valence-electron chi connectivity index (χ1n) is 5.08. The van der Waals surface area contributed by atoms with Crippen molar-refractivity contribution < 1.29 is 12.6 Å². The molecule has 0 rings (SSSR count). The Hall–Kier alpha value is 0.220. The maximum atomic E-state index is 10.6. The Morgan fingerprint density at radius 3 is 2.79 bits per heavy atom. The first kappa shape index (κ1) is 14.2. The number of hydrogen-bond donors (Lipinski definition) is 0. The monoisotopic (exact) mass is 318 g/mol. The zero-order chi connectivity index (χ0) is 10.8. The van der Waals surface area contributed by atoms with Crippen molar-refractivity contribution in [2.75, 3.05) is 6.61 Å². The Morgan fingerprint density at radius 2 is 2.21 bits per heavy atom. The molecule has 0 unspecified atom stereocenters. The Kier molecular flexibility index (Phi) is 9.92. The van der Waals surface area contributed by atoms with Crippen molar-refractivity contribution in [2.45, 2.75) is 50.6 Å². The predicted molar refractivity (Wildman–Crippen MR) is 57.3 cm³/mol. The molecule has 0 amide bonds. The molecule has 0 radical (unpaired) electrons. The Morgan fingerprint density at radius 1 is 1.50 bits per heavy atom. The van der Waals surface area contributed by atoms with Gasteiger partial charge in [0.1, 0.15) is 0 Å². The van der Waals surface area contributed by atoms with E-state index >= 15 is 0 Å². The fraction of sp³-hybridized carbons (Fsp3) is 0.900. The first-order valence-corrected chi connectivity index (χ1v) is 7.68. The van der Waals surface area contributed by atoms with Gasteiger partial charge in [-0.25, -0.2) is 0 Å². The third-order valence-corrected chi connectivity index (χ3v) is 3.89. The first-order chi connectivity index (χ1) is 6.66. The Bertz CT molecular complexity index is 150. The second-order valence-corrected chi connectivity index (χ2v) is 5.72. The fourth-order valence-electron chi connectivity index (χ4n) is 0.877. The summed E-state index contributed by atoms with van der Waals surface area (Å²) in [5, 5.41) is 0. The molecule has 4 heteroatoms. The Balaban J connectivity index is 3.14.